The molecule has 5 heteroatoms. The highest BCUT2D eigenvalue weighted by Gasteiger charge is 2.14. The fraction of sp³-hybridized carbons (Fsp3) is 0.188. The molecule has 0 saturated heterocycles. The first-order chi connectivity index (χ1) is 10.1. The van der Waals surface area contributed by atoms with Crippen molar-refractivity contribution in [2.45, 2.75) is 19.4 Å². The standard InChI is InChI=1S/C16H13Cl2FN2/c1-2-15(10-6-7-12(17)13(18)8-10)21-16-5-3-4-14(19)11(16)9-20/h3-8,15,21H,2H2,1H3. The van der Waals surface area contributed by atoms with Gasteiger partial charge < -0.3 is 5.32 Å². The number of nitriles is 1. The van der Waals surface area contributed by atoms with E-state index in [1.165, 1.54) is 6.07 Å². The van der Waals surface area contributed by atoms with Crippen molar-refractivity contribution in [3.8, 4) is 6.07 Å². The van der Waals surface area contributed by atoms with Gasteiger partial charge in [0.15, 0.2) is 0 Å². The SMILES string of the molecule is CCC(Nc1cccc(F)c1C#N)c1ccc(Cl)c(Cl)c1. The van der Waals surface area contributed by atoms with Crippen LogP contribution in [0.5, 0.6) is 0 Å². The molecule has 0 amide bonds. The molecule has 108 valence electrons. The Morgan fingerprint density at radius 3 is 2.62 bits per heavy atom. The van der Waals surface area contributed by atoms with E-state index in [-0.39, 0.29) is 11.6 Å². The maximum absolute atomic E-state index is 13.6. The van der Waals surface area contributed by atoms with Crippen LogP contribution in [0.1, 0.15) is 30.5 Å². The lowest BCUT2D eigenvalue weighted by atomic mass is 10.0. The Bertz CT molecular complexity index is 695. The highest BCUT2D eigenvalue weighted by molar-refractivity contribution is 6.42. The molecule has 2 nitrogen and oxygen atoms in total. The highest BCUT2D eigenvalue weighted by atomic mass is 35.5. The maximum Gasteiger partial charge on any atom is 0.143 e. The smallest absolute Gasteiger partial charge is 0.143 e. The summed E-state index contributed by atoms with van der Waals surface area (Å²) in [7, 11) is 0. The summed E-state index contributed by atoms with van der Waals surface area (Å²) in [6.45, 7) is 1.99. The topological polar surface area (TPSA) is 35.8 Å². The van der Waals surface area contributed by atoms with Crippen LogP contribution in [0.2, 0.25) is 10.0 Å². The number of anilines is 1. The van der Waals surface area contributed by atoms with Gasteiger partial charge >= 0.3 is 0 Å². The summed E-state index contributed by atoms with van der Waals surface area (Å²) < 4.78 is 13.6. The van der Waals surface area contributed by atoms with Gasteiger partial charge in [-0.05, 0) is 36.2 Å². The molecule has 2 rings (SSSR count). The van der Waals surface area contributed by atoms with Crippen LogP contribution in [-0.2, 0) is 0 Å². The van der Waals surface area contributed by atoms with Crippen molar-refractivity contribution in [2.24, 2.45) is 0 Å². The second kappa shape index (κ2) is 6.80. The van der Waals surface area contributed by atoms with Crippen LogP contribution in [0.4, 0.5) is 10.1 Å². The van der Waals surface area contributed by atoms with Crippen LogP contribution < -0.4 is 5.32 Å². The molecule has 0 heterocycles. The quantitative estimate of drug-likeness (QED) is 0.798. The number of nitrogens with zero attached hydrogens (tertiary/aromatic N) is 1. The molecule has 2 aromatic carbocycles. The molecule has 0 radical (unpaired) electrons. The zero-order valence-electron chi connectivity index (χ0n) is 11.3. The van der Waals surface area contributed by atoms with Gasteiger partial charge in [-0.25, -0.2) is 4.39 Å². The lowest BCUT2D eigenvalue weighted by Crippen LogP contribution is -2.11. The minimum absolute atomic E-state index is 0.0102. The zero-order chi connectivity index (χ0) is 15.4. The molecule has 0 fully saturated rings. The summed E-state index contributed by atoms with van der Waals surface area (Å²) in [6, 6.07) is 11.7. The molecule has 0 aliphatic heterocycles. The molecule has 0 aliphatic carbocycles. The number of halogens is 3. The lowest BCUT2D eigenvalue weighted by molar-refractivity contribution is 0.623. The average Bonchev–Trinajstić information content (AvgIpc) is 2.48. The number of rotatable bonds is 4. The van der Waals surface area contributed by atoms with Crippen LogP contribution in [0.25, 0.3) is 0 Å². The van der Waals surface area contributed by atoms with E-state index in [4.69, 9.17) is 28.5 Å². The number of hydrogen-bond donors (Lipinski definition) is 1. The first kappa shape index (κ1) is 15.6. The van der Waals surface area contributed by atoms with E-state index in [1.54, 1.807) is 24.3 Å². The molecule has 1 atom stereocenters. The second-order valence-corrected chi connectivity index (χ2v) is 5.37. The summed E-state index contributed by atoms with van der Waals surface area (Å²) in [5.41, 5.74) is 1.41. The second-order valence-electron chi connectivity index (χ2n) is 4.55. The van der Waals surface area contributed by atoms with E-state index in [1.807, 2.05) is 19.1 Å². The first-order valence-corrected chi connectivity index (χ1v) is 7.22. The zero-order valence-corrected chi connectivity index (χ0v) is 12.8. The summed E-state index contributed by atoms with van der Waals surface area (Å²) >= 11 is 11.9. The van der Waals surface area contributed by atoms with Crippen LogP contribution in [0.15, 0.2) is 36.4 Å². The van der Waals surface area contributed by atoms with Crippen molar-refractivity contribution < 1.29 is 4.39 Å². The third-order valence-corrected chi connectivity index (χ3v) is 3.95. The fourth-order valence-corrected chi connectivity index (χ4v) is 2.40. The molecule has 1 N–H and O–H groups in total. The monoisotopic (exact) mass is 322 g/mol. The van der Waals surface area contributed by atoms with E-state index < -0.39 is 5.82 Å². The van der Waals surface area contributed by atoms with E-state index in [0.29, 0.717) is 15.7 Å². The Labute approximate surface area is 133 Å². The van der Waals surface area contributed by atoms with Crippen molar-refractivity contribution in [1.82, 2.24) is 0 Å². The summed E-state index contributed by atoms with van der Waals surface area (Å²) in [5.74, 6) is -0.536. The third kappa shape index (κ3) is 3.47. The van der Waals surface area contributed by atoms with E-state index in [0.717, 1.165) is 12.0 Å². The van der Waals surface area contributed by atoms with Crippen molar-refractivity contribution in [2.75, 3.05) is 5.32 Å². The van der Waals surface area contributed by atoms with Gasteiger partial charge in [0, 0.05) is 0 Å². The van der Waals surface area contributed by atoms with Gasteiger partial charge in [-0.1, -0.05) is 42.3 Å². The molecule has 0 spiro atoms. The van der Waals surface area contributed by atoms with Crippen molar-refractivity contribution in [3.05, 3.63) is 63.4 Å². The molecule has 0 aromatic heterocycles. The Morgan fingerprint density at radius 2 is 2.00 bits per heavy atom. The van der Waals surface area contributed by atoms with E-state index in [9.17, 15) is 4.39 Å². The summed E-state index contributed by atoms with van der Waals surface area (Å²) in [6.07, 6.45) is 0.749. The molecule has 2 aromatic rings. The molecule has 0 aliphatic rings. The van der Waals surface area contributed by atoms with E-state index in [2.05, 4.69) is 5.32 Å². The number of nitrogens with one attached hydrogen (secondary N) is 1. The Balaban J connectivity index is 2.34. The van der Waals surface area contributed by atoms with Crippen LogP contribution >= 0.6 is 23.2 Å². The fourth-order valence-electron chi connectivity index (χ4n) is 2.10. The van der Waals surface area contributed by atoms with Gasteiger partial charge in [0.2, 0.25) is 0 Å². The minimum atomic E-state index is -0.536. The van der Waals surface area contributed by atoms with Crippen LogP contribution in [-0.4, -0.2) is 0 Å². The van der Waals surface area contributed by atoms with Gasteiger partial charge in [-0.15, -0.1) is 0 Å². The average molecular weight is 323 g/mol. The van der Waals surface area contributed by atoms with Crippen LogP contribution in [0.3, 0.4) is 0 Å². The van der Waals surface area contributed by atoms with E-state index >= 15 is 0 Å². The van der Waals surface area contributed by atoms with Crippen molar-refractivity contribution >= 4 is 28.9 Å². The van der Waals surface area contributed by atoms with Gasteiger partial charge in [0.25, 0.3) is 0 Å². The summed E-state index contributed by atoms with van der Waals surface area (Å²) in [4.78, 5) is 0. The summed E-state index contributed by atoms with van der Waals surface area (Å²) in [5, 5.41) is 13.2. The number of hydrogen-bond acceptors (Lipinski definition) is 2. The molecule has 0 bridgehead atoms. The van der Waals surface area contributed by atoms with Gasteiger partial charge in [0.1, 0.15) is 17.4 Å². The van der Waals surface area contributed by atoms with Crippen molar-refractivity contribution in [1.29, 1.82) is 5.26 Å². The first-order valence-electron chi connectivity index (χ1n) is 6.47. The number of benzene rings is 2. The third-order valence-electron chi connectivity index (χ3n) is 3.21. The molecule has 1 unspecified atom stereocenters. The van der Waals surface area contributed by atoms with Crippen molar-refractivity contribution in [3.63, 3.8) is 0 Å². The molecule has 0 saturated carbocycles. The maximum atomic E-state index is 13.6. The predicted molar refractivity (Wildman–Crippen MR) is 84.2 cm³/mol. The Morgan fingerprint density at radius 1 is 1.24 bits per heavy atom. The van der Waals surface area contributed by atoms with Gasteiger partial charge in [0.05, 0.1) is 21.8 Å². The van der Waals surface area contributed by atoms with Gasteiger partial charge in [-0.2, -0.15) is 5.26 Å². The Hall–Kier alpha value is -1.76. The van der Waals surface area contributed by atoms with Crippen LogP contribution in [0, 0.1) is 17.1 Å². The largest absolute Gasteiger partial charge is 0.377 e. The molecular weight excluding hydrogens is 310 g/mol. The highest BCUT2D eigenvalue weighted by Crippen LogP contribution is 2.30. The normalized spacial score (nSPS) is 11.8. The predicted octanol–water partition coefficient (Wildman–Crippen LogP) is 5.57. The molecular formula is C16H13Cl2FN2. The Kier molecular flexibility index (Phi) is 5.06. The molecule has 21 heavy (non-hydrogen) atoms. The lowest BCUT2D eigenvalue weighted by Gasteiger charge is -2.20. The minimum Gasteiger partial charge on any atom is -0.377 e. The van der Waals surface area contributed by atoms with Gasteiger partial charge in [-0.3, -0.25) is 0 Å².